The quantitative estimate of drug-likeness (QED) is 0.640. The molecule has 3 aliphatic heterocycles. The molecule has 1 amide bonds. The van der Waals surface area contributed by atoms with Gasteiger partial charge in [-0.15, -0.1) is 0 Å². The molecule has 164 valence electrons. The minimum atomic E-state index is -0.599. The van der Waals surface area contributed by atoms with Gasteiger partial charge in [0.2, 0.25) is 5.91 Å². The van der Waals surface area contributed by atoms with Crippen LogP contribution < -0.4 is 10.6 Å². The number of amides is 1. The third kappa shape index (κ3) is 3.87. The van der Waals surface area contributed by atoms with Crippen molar-refractivity contribution in [3.05, 3.63) is 35.9 Å². The van der Waals surface area contributed by atoms with Crippen molar-refractivity contribution in [2.75, 3.05) is 26.7 Å². The standard InChI is InChI=1S/C24H35N3O3/c1-16(2)14-27-15-18-11-24(23(29)25-12-17-7-5-4-6-8-17)20(9-10-21(28)30-3)22(27)19(18)13-26-24/h4-8,16,18-20,22,26H,9-15H2,1-3H3,(H,25,29). The van der Waals surface area contributed by atoms with Gasteiger partial charge in [0, 0.05) is 44.6 Å². The van der Waals surface area contributed by atoms with E-state index in [1.54, 1.807) is 0 Å². The Hall–Kier alpha value is -1.92. The molecule has 5 rings (SSSR count). The number of piperidine rings is 2. The molecule has 3 saturated heterocycles. The van der Waals surface area contributed by atoms with E-state index in [0.717, 1.165) is 31.6 Å². The summed E-state index contributed by atoms with van der Waals surface area (Å²) >= 11 is 0. The minimum Gasteiger partial charge on any atom is -0.469 e. The van der Waals surface area contributed by atoms with Crippen LogP contribution in [-0.4, -0.2) is 55.1 Å². The monoisotopic (exact) mass is 413 g/mol. The second kappa shape index (κ2) is 8.67. The van der Waals surface area contributed by atoms with Crippen molar-refractivity contribution in [2.45, 2.75) is 51.2 Å². The molecule has 4 bridgehead atoms. The maximum absolute atomic E-state index is 13.6. The molecule has 1 aliphatic carbocycles. The van der Waals surface area contributed by atoms with Crippen molar-refractivity contribution in [2.24, 2.45) is 23.7 Å². The molecule has 0 radical (unpaired) electrons. The molecule has 2 N–H and O–H groups in total. The van der Waals surface area contributed by atoms with E-state index in [-0.39, 0.29) is 17.8 Å². The zero-order valence-electron chi connectivity index (χ0n) is 18.4. The summed E-state index contributed by atoms with van der Waals surface area (Å²) in [6, 6.07) is 10.4. The van der Waals surface area contributed by atoms with Gasteiger partial charge in [0.05, 0.1) is 7.11 Å². The van der Waals surface area contributed by atoms with Crippen LogP contribution in [0.4, 0.5) is 0 Å². The van der Waals surface area contributed by atoms with Crippen molar-refractivity contribution in [3.8, 4) is 0 Å². The normalized spacial score (nSPS) is 32.4. The Bertz CT molecular complexity index is 768. The summed E-state index contributed by atoms with van der Waals surface area (Å²) in [6.07, 6.45) is 1.90. The molecule has 3 heterocycles. The molecule has 5 atom stereocenters. The second-order valence-corrected chi connectivity index (χ2v) is 9.71. The number of nitrogens with one attached hydrogen (secondary N) is 2. The number of likely N-dealkylation sites (tertiary alicyclic amines) is 1. The first-order valence-electron chi connectivity index (χ1n) is 11.3. The molecule has 1 aromatic carbocycles. The van der Waals surface area contributed by atoms with Crippen LogP contribution in [0.1, 0.15) is 38.7 Å². The number of nitrogens with zero attached hydrogens (tertiary/aromatic N) is 1. The molecule has 6 heteroatoms. The van der Waals surface area contributed by atoms with Crippen molar-refractivity contribution in [1.29, 1.82) is 0 Å². The van der Waals surface area contributed by atoms with Gasteiger partial charge >= 0.3 is 5.97 Å². The van der Waals surface area contributed by atoms with Gasteiger partial charge in [0.1, 0.15) is 5.54 Å². The summed E-state index contributed by atoms with van der Waals surface area (Å²) in [4.78, 5) is 28.2. The maximum atomic E-state index is 13.6. The van der Waals surface area contributed by atoms with Crippen LogP contribution in [0.3, 0.4) is 0 Å². The molecule has 1 aromatic rings. The number of benzene rings is 1. The predicted molar refractivity (Wildman–Crippen MR) is 116 cm³/mol. The summed E-state index contributed by atoms with van der Waals surface area (Å²) in [5, 5.41) is 6.85. The highest BCUT2D eigenvalue weighted by Gasteiger charge is 2.64. The number of ether oxygens (including phenoxy) is 1. The third-order valence-electron chi connectivity index (χ3n) is 7.41. The molecule has 4 fully saturated rings. The van der Waals surface area contributed by atoms with E-state index in [1.807, 2.05) is 30.3 Å². The van der Waals surface area contributed by atoms with Crippen LogP contribution in [0, 0.1) is 23.7 Å². The van der Waals surface area contributed by atoms with Gasteiger partial charge in [-0.1, -0.05) is 44.2 Å². The fraction of sp³-hybridized carbons (Fsp3) is 0.667. The Morgan fingerprint density at radius 3 is 2.77 bits per heavy atom. The number of methoxy groups -OCH3 is 1. The van der Waals surface area contributed by atoms with Crippen molar-refractivity contribution < 1.29 is 14.3 Å². The predicted octanol–water partition coefficient (Wildman–Crippen LogP) is 2.19. The van der Waals surface area contributed by atoms with Crippen LogP contribution in [0.2, 0.25) is 0 Å². The van der Waals surface area contributed by atoms with E-state index < -0.39 is 5.54 Å². The minimum absolute atomic E-state index is 0.0840. The highest BCUT2D eigenvalue weighted by atomic mass is 16.5. The number of carbonyl (C=O) groups excluding carboxylic acids is 2. The molecule has 0 spiro atoms. The van der Waals surface area contributed by atoms with Crippen LogP contribution >= 0.6 is 0 Å². The van der Waals surface area contributed by atoms with Crippen LogP contribution in [-0.2, 0) is 20.9 Å². The Labute approximate surface area is 179 Å². The number of esters is 1. The van der Waals surface area contributed by atoms with Gasteiger partial charge in [0.15, 0.2) is 0 Å². The number of hydrogen-bond acceptors (Lipinski definition) is 5. The van der Waals surface area contributed by atoms with E-state index in [0.29, 0.717) is 43.2 Å². The topological polar surface area (TPSA) is 70.7 Å². The smallest absolute Gasteiger partial charge is 0.305 e. The van der Waals surface area contributed by atoms with Crippen molar-refractivity contribution >= 4 is 11.9 Å². The van der Waals surface area contributed by atoms with Gasteiger partial charge in [-0.2, -0.15) is 0 Å². The average Bonchev–Trinajstić information content (AvgIpc) is 3.04. The highest BCUT2D eigenvalue weighted by Crippen LogP contribution is 2.53. The lowest BCUT2D eigenvalue weighted by molar-refractivity contribution is -0.145. The fourth-order valence-corrected chi connectivity index (χ4v) is 6.26. The van der Waals surface area contributed by atoms with E-state index in [1.165, 1.54) is 7.11 Å². The van der Waals surface area contributed by atoms with E-state index in [9.17, 15) is 9.59 Å². The van der Waals surface area contributed by atoms with E-state index in [2.05, 4.69) is 29.4 Å². The molecule has 30 heavy (non-hydrogen) atoms. The summed E-state index contributed by atoms with van der Waals surface area (Å²) in [7, 11) is 1.44. The first-order valence-corrected chi connectivity index (χ1v) is 11.3. The second-order valence-electron chi connectivity index (χ2n) is 9.71. The Morgan fingerprint density at radius 1 is 1.30 bits per heavy atom. The maximum Gasteiger partial charge on any atom is 0.305 e. The molecule has 1 saturated carbocycles. The first-order chi connectivity index (χ1) is 14.4. The van der Waals surface area contributed by atoms with Gasteiger partial charge < -0.3 is 15.4 Å². The number of carbonyl (C=O) groups is 2. The lowest BCUT2D eigenvalue weighted by Gasteiger charge is -2.56. The molecular formula is C24H35N3O3. The van der Waals surface area contributed by atoms with Gasteiger partial charge in [-0.05, 0) is 36.2 Å². The number of hydrogen-bond donors (Lipinski definition) is 2. The molecule has 4 aliphatic rings. The third-order valence-corrected chi connectivity index (χ3v) is 7.41. The largest absolute Gasteiger partial charge is 0.469 e. The van der Waals surface area contributed by atoms with Gasteiger partial charge in [0.25, 0.3) is 0 Å². The average molecular weight is 414 g/mol. The summed E-state index contributed by atoms with van der Waals surface area (Å²) in [5.74, 6) is 1.70. The van der Waals surface area contributed by atoms with E-state index >= 15 is 0 Å². The molecule has 5 unspecified atom stereocenters. The fourth-order valence-electron chi connectivity index (χ4n) is 6.26. The van der Waals surface area contributed by atoms with Crippen molar-refractivity contribution in [3.63, 3.8) is 0 Å². The Morgan fingerprint density at radius 2 is 2.07 bits per heavy atom. The van der Waals surface area contributed by atoms with Crippen LogP contribution in [0.5, 0.6) is 0 Å². The lowest BCUT2D eigenvalue weighted by Crippen LogP contribution is -2.74. The Balaban J connectivity index is 1.57. The number of rotatable bonds is 8. The first kappa shape index (κ1) is 21.3. The summed E-state index contributed by atoms with van der Waals surface area (Å²) < 4.78 is 4.92. The Kier molecular flexibility index (Phi) is 6.16. The zero-order chi connectivity index (χ0) is 21.3. The summed E-state index contributed by atoms with van der Waals surface area (Å²) in [6.45, 7) is 8.04. The molecule has 6 nitrogen and oxygen atoms in total. The SMILES string of the molecule is COC(=O)CCC1C2C3CNC1(C(=O)NCc1ccccc1)CC3CN2CC(C)C. The zero-order valence-corrected chi connectivity index (χ0v) is 18.4. The van der Waals surface area contributed by atoms with Crippen molar-refractivity contribution in [1.82, 2.24) is 15.5 Å². The molecule has 0 aromatic heterocycles. The number of fused-ring (bicyclic) bond motifs is 1. The highest BCUT2D eigenvalue weighted by molar-refractivity contribution is 5.87. The van der Waals surface area contributed by atoms with Crippen LogP contribution in [0.15, 0.2) is 30.3 Å². The van der Waals surface area contributed by atoms with Crippen LogP contribution in [0.25, 0.3) is 0 Å². The summed E-state index contributed by atoms with van der Waals surface area (Å²) in [5.41, 5.74) is 0.501. The van der Waals surface area contributed by atoms with E-state index in [4.69, 9.17) is 4.74 Å². The lowest BCUT2D eigenvalue weighted by atomic mass is 9.58. The van der Waals surface area contributed by atoms with Gasteiger partial charge in [-0.3, -0.25) is 14.5 Å². The molecular weight excluding hydrogens is 378 g/mol. The van der Waals surface area contributed by atoms with Gasteiger partial charge in [-0.25, -0.2) is 0 Å².